The number of phenols is 1. The molecule has 2 aliphatic heterocycles. The first-order valence-corrected chi connectivity index (χ1v) is 11.1. The molecule has 6 nitrogen and oxygen atoms in total. The van der Waals surface area contributed by atoms with Crippen molar-refractivity contribution in [2.75, 3.05) is 19.7 Å². The molecule has 1 unspecified atom stereocenters. The molecule has 2 aliphatic rings. The number of piperidine rings is 1. The van der Waals surface area contributed by atoms with Crippen molar-refractivity contribution in [3.05, 3.63) is 64.2 Å². The molecule has 1 saturated heterocycles. The maximum absolute atomic E-state index is 12.2. The number of nitrogens with one attached hydrogen (secondary N) is 1. The van der Waals surface area contributed by atoms with E-state index in [1.807, 2.05) is 13.0 Å². The summed E-state index contributed by atoms with van der Waals surface area (Å²) in [6.45, 7) is 5.36. The Kier molecular flexibility index (Phi) is 6.21. The number of aliphatic imine (C=N–C) groups is 1. The highest BCUT2D eigenvalue weighted by atomic mass is 35.5. The molecular weight excluding hydrogens is 414 g/mol. The van der Waals surface area contributed by atoms with E-state index in [2.05, 4.69) is 36.5 Å². The second kappa shape index (κ2) is 8.89. The zero-order valence-electron chi connectivity index (χ0n) is 17.9. The van der Waals surface area contributed by atoms with Crippen LogP contribution in [0.1, 0.15) is 48.9 Å². The highest BCUT2D eigenvalue weighted by molar-refractivity contribution is 6.30. The average Bonchev–Trinajstić information content (AvgIpc) is 2.76. The van der Waals surface area contributed by atoms with E-state index in [0.29, 0.717) is 44.0 Å². The molecule has 0 aliphatic carbocycles. The summed E-state index contributed by atoms with van der Waals surface area (Å²) in [7, 11) is 0. The Morgan fingerprint density at radius 2 is 1.97 bits per heavy atom. The molecule has 2 N–H and O–H groups in total. The van der Waals surface area contributed by atoms with Gasteiger partial charge in [0.15, 0.2) is 0 Å². The predicted molar refractivity (Wildman–Crippen MR) is 122 cm³/mol. The number of rotatable bonds is 3. The summed E-state index contributed by atoms with van der Waals surface area (Å²) in [6, 6.07) is 13.4. The van der Waals surface area contributed by atoms with Crippen LogP contribution in [0.5, 0.6) is 5.75 Å². The second-order valence-corrected chi connectivity index (χ2v) is 8.68. The summed E-state index contributed by atoms with van der Waals surface area (Å²) in [6.07, 6.45) is 1.69. The van der Waals surface area contributed by atoms with Gasteiger partial charge in [-0.1, -0.05) is 41.4 Å². The molecule has 1 amide bonds. The van der Waals surface area contributed by atoms with Gasteiger partial charge in [-0.05, 0) is 37.6 Å². The number of amides is 1. The first-order valence-electron chi connectivity index (χ1n) is 10.7. The maximum Gasteiger partial charge on any atom is 0.409 e. The molecule has 1 fully saturated rings. The van der Waals surface area contributed by atoms with Crippen LogP contribution in [0, 0.1) is 6.92 Å². The van der Waals surface area contributed by atoms with Crippen molar-refractivity contribution in [1.82, 2.24) is 10.2 Å². The van der Waals surface area contributed by atoms with E-state index in [-0.39, 0.29) is 17.9 Å². The third kappa shape index (κ3) is 4.70. The molecule has 2 heterocycles. The fourth-order valence-corrected chi connectivity index (χ4v) is 4.54. The van der Waals surface area contributed by atoms with Gasteiger partial charge in [-0.15, -0.1) is 0 Å². The monoisotopic (exact) mass is 441 g/mol. The number of nitrogens with zero attached hydrogens (tertiary/aromatic N) is 2. The van der Waals surface area contributed by atoms with Crippen LogP contribution in [0.2, 0.25) is 5.02 Å². The van der Waals surface area contributed by atoms with Crippen molar-refractivity contribution in [2.24, 2.45) is 4.99 Å². The van der Waals surface area contributed by atoms with Gasteiger partial charge in [-0.3, -0.25) is 10.3 Å². The Hall–Kier alpha value is -2.57. The third-order valence-electron chi connectivity index (χ3n) is 6.06. The summed E-state index contributed by atoms with van der Waals surface area (Å²) in [5.41, 5.74) is 3.51. The Morgan fingerprint density at radius 1 is 1.26 bits per heavy atom. The van der Waals surface area contributed by atoms with Gasteiger partial charge in [0.05, 0.1) is 6.61 Å². The smallest absolute Gasteiger partial charge is 0.409 e. The molecule has 2 aromatic rings. The lowest BCUT2D eigenvalue weighted by molar-refractivity contribution is 0.0778. The number of benzene rings is 2. The highest BCUT2D eigenvalue weighted by Gasteiger charge is 2.41. The van der Waals surface area contributed by atoms with Crippen LogP contribution in [0.25, 0.3) is 0 Å². The van der Waals surface area contributed by atoms with Crippen LogP contribution in [0.4, 0.5) is 4.79 Å². The molecule has 7 heteroatoms. The van der Waals surface area contributed by atoms with Crippen molar-refractivity contribution in [2.45, 2.75) is 44.8 Å². The molecule has 2 aromatic carbocycles. The molecule has 4 rings (SSSR count). The molecule has 0 radical (unpaired) electrons. The van der Waals surface area contributed by atoms with Gasteiger partial charge in [0, 0.05) is 54.7 Å². The Labute approximate surface area is 187 Å². The second-order valence-electron chi connectivity index (χ2n) is 8.25. The summed E-state index contributed by atoms with van der Waals surface area (Å²) in [5, 5.41) is 14.8. The molecule has 31 heavy (non-hydrogen) atoms. The molecule has 0 saturated carbocycles. The van der Waals surface area contributed by atoms with Crippen molar-refractivity contribution < 1.29 is 14.6 Å². The first-order chi connectivity index (χ1) is 14.9. The minimum atomic E-state index is -0.513. The van der Waals surface area contributed by atoms with Crippen LogP contribution in [-0.4, -0.2) is 47.2 Å². The van der Waals surface area contributed by atoms with Gasteiger partial charge in [0.2, 0.25) is 0 Å². The first kappa shape index (κ1) is 21.7. The van der Waals surface area contributed by atoms with E-state index in [1.54, 1.807) is 17.0 Å². The van der Waals surface area contributed by atoms with Gasteiger partial charge < -0.3 is 14.7 Å². The van der Waals surface area contributed by atoms with Crippen LogP contribution in [-0.2, 0) is 4.74 Å². The Balaban J connectivity index is 1.66. The van der Waals surface area contributed by atoms with Crippen molar-refractivity contribution in [3.8, 4) is 5.75 Å². The van der Waals surface area contributed by atoms with Gasteiger partial charge in [0.1, 0.15) is 11.4 Å². The number of carbonyl (C=O) groups excluding carboxylic acids is 1. The van der Waals surface area contributed by atoms with E-state index in [9.17, 15) is 9.90 Å². The highest BCUT2D eigenvalue weighted by Crippen LogP contribution is 2.38. The van der Waals surface area contributed by atoms with Crippen LogP contribution < -0.4 is 5.32 Å². The Morgan fingerprint density at radius 3 is 2.65 bits per heavy atom. The fraction of sp³-hybridized carbons (Fsp3) is 0.417. The lowest BCUT2D eigenvalue weighted by Crippen LogP contribution is -2.56. The summed E-state index contributed by atoms with van der Waals surface area (Å²) in [5.74, 6) is 0.214. The van der Waals surface area contributed by atoms with Gasteiger partial charge in [-0.2, -0.15) is 0 Å². The number of ether oxygens (including phenoxy) is 1. The topological polar surface area (TPSA) is 74.2 Å². The maximum atomic E-state index is 12.2. The Bertz CT molecular complexity index is 982. The van der Waals surface area contributed by atoms with E-state index in [0.717, 1.165) is 16.8 Å². The molecule has 1 spiro atoms. The zero-order chi connectivity index (χ0) is 22.0. The lowest BCUT2D eigenvalue weighted by atomic mass is 9.87. The van der Waals surface area contributed by atoms with Crippen LogP contribution >= 0.6 is 11.6 Å². The number of hydrogen-bond acceptors (Lipinski definition) is 5. The van der Waals surface area contributed by atoms with Gasteiger partial charge in [-0.25, -0.2) is 4.79 Å². The number of phenolic OH excluding ortho intramolecular Hbond substituents is 1. The largest absolute Gasteiger partial charge is 0.508 e. The zero-order valence-corrected chi connectivity index (χ0v) is 18.7. The SMILES string of the molecule is CCOC(=O)N1CCC2(CC1)N=C(c1ccc(C)cc1)CC(c1cc(Cl)ccc1O)N2. The number of halogens is 1. The molecule has 0 bridgehead atoms. The fourth-order valence-electron chi connectivity index (χ4n) is 4.36. The van der Waals surface area contributed by atoms with Crippen molar-refractivity contribution in [1.29, 1.82) is 0 Å². The molecule has 1 atom stereocenters. The number of aromatic hydroxyl groups is 1. The molecular formula is C24H28ClN3O3. The predicted octanol–water partition coefficient (Wildman–Crippen LogP) is 4.83. The quantitative estimate of drug-likeness (QED) is 0.715. The van der Waals surface area contributed by atoms with Gasteiger partial charge >= 0.3 is 6.09 Å². The minimum absolute atomic E-state index is 0.137. The molecule has 164 valence electrons. The number of likely N-dealkylation sites (tertiary alicyclic amines) is 1. The van der Waals surface area contributed by atoms with E-state index >= 15 is 0 Å². The number of hydrogen-bond donors (Lipinski definition) is 2. The minimum Gasteiger partial charge on any atom is -0.508 e. The van der Waals surface area contributed by atoms with Crippen LogP contribution in [0.15, 0.2) is 47.5 Å². The van der Waals surface area contributed by atoms with E-state index in [1.165, 1.54) is 5.56 Å². The standard InChI is InChI=1S/C24H28ClN3O3/c1-3-31-23(30)28-12-10-24(11-13-28)26-20(17-6-4-16(2)5-7-17)15-21(27-24)19-14-18(25)8-9-22(19)29/h4-9,14,21,27,29H,3,10-13,15H2,1-2H3. The van der Waals surface area contributed by atoms with Crippen LogP contribution in [0.3, 0.4) is 0 Å². The summed E-state index contributed by atoms with van der Waals surface area (Å²) >= 11 is 6.24. The third-order valence-corrected chi connectivity index (χ3v) is 6.29. The average molecular weight is 442 g/mol. The number of aryl methyl sites for hydroxylation is 1. The van der Waals surface area contributed by atoms with E-state index in [4.69, 9.17) is 21.3 Å². The normalized spacial score (nSPS) is 20.4. The lowest BCUT2D eigenvalue weighted by Gasteiger charge is -2.45. The van der Waals surface area contributed by atoms with E-state index < -0.39 is 5.66 Å². The summed E-state index contributed by atoms with van der Waals surface area (Å²) < 4.78 is 5.16. The summed E-state index contributed by atoms with van der Waals surface area (Å²) in [4.78, 5) is 19.0. The van der Waals surface area contributed by atoms with Crippen molar-refractivity contribution in [3.63, 3.8) is 0 Å². The van der Waals surface area contributed by atoms with Crippen molar-refractivity contribution >= 4 is 23.4 Å². The number of carbonyl (C=O) groups is 1. The van der Waals surface area contributed by atoms with Gasteiger partial charge in [0.25, 0.3) is 0 Å². The molecule has 0 aromatic heterocycles.